The summed E-state index contributed by atoms with van der Waals surface area (Å²) >= 11 is 0. The first-order valence-corrected chi connectivity index (χ1v) is 10.7. The molecule has 6 nitrogen and oxygen atoms in total. The summed E-state index contributed by atoms with van der Waals surface area (Å²) in [6.45, 7) is 6.18. The second-order valence-electron chi connectivity index (χ2n) is 7.72. The van der Waals surface area contributed by atoms with Gasteiger partial charge in [0.25, 0.3) is 5.56 Å². The molecule has 3 rings (SSSR count). The number of aryl methyl sites for hydroxylation is 3. The van der Waals surface area contributed by atoms with Crippen molar-refractivity contribution in [3.63, 3.8) is 0 Å². The van der Waals surface area contributed by atoms with Crippen molar-refractivity contribution >= 4 is 22.8 Å². The molecule has 0 aliphatic rings. The molecule has 0 bridgehead atoms. The van der Waals surface area contributed by atoms with Gasteiger partial charge >= 0.3 is 5.97 Å². The summed E-state index contributed by atoms with van der Waals surface area (Å²) in [7, 11) is 0. The van der Waals surface area contributed by atoms with Crippen molar-refractivity contribution in [3.05, 3.63) is 75.7 Å². The average Bonchev–Trinajstić information content (AvgIpc) is 2.77. The van der Waals surface area contributed by atoms with E-state index in [1.165, 1.54) is 0 Å². The summed E-state index contributed by atoms with van der Waals surface area (Å²) < 4.78 is 7.05. The maximum absolute atomic E-state index is 12.9. The first-order valence-electron chi connectivity index (χ1n) is 10.7. The van der Waals surface area contributed by atoms with Gasteiger partial charge in [-0.1, -0.05) is 55.3 Å². The van der Waals surface area contributed by atoms with Crippen LogP contribution < -0.4 is 5.56 Å². The van der Waals surface area contributed by atoms with Crippen LogP contribution in [0.3, 0.4) is 0 Å². The third-order valence-electron chi connectivity index (χ3n) is 5.23. The van der Waals surface area contributed by atoms with Crippen molar-refractivity contribution in [1.29, 1.82) is 0 Å². The molecule has 0 fully saturated rings. The number of hydrogen-bond acceptors (Lipinski definition) is 5. The molecule has 0 spiro atoms. The highest BCUT2D eigenvalue weighted by atomic mass is 16.5. The lowest BCUT2D eigenvalue weighted by Gasteiger charge is -2.13. The minimum absolute atomic E-state index is 0.0140. The Kier molecular flexibility index (Phi) is 7.34. The lowest BCUT2D eigenvalue weighted by Crippen LogP contribution is -2.28. The molecule has 0 saturated heterocycles. The number of ketones is 1. The number of esters is 1. The number of carbonyl (C=O) groups is 2. The lowest BCUT2D eigenvalue weighted by atomic mass is 10.1. The van der Waals surface area contributed by atoms with Crippen LogP contribution in [0.5, 0.6) is 0 Å². The summed E-state index contributed by atoms with van der Waals surface area (Å²) in [6, 6.07) is 14.6. The topological polar surface area (TPSA) is 78.3 Å². The molecule has 3 aromatic rings. The zero-order chi connectivity index (χ0) is 22.4. The first-order chi connectivity index (χ1) is 14.9. The normalized spacial score (nSPS) is 12.0. The second kappa shape index (κ2) is 10.2. The van der Waals surface area contributed by atoms with Crippen molar-refractivity contribution in [1.82, 2.24) is 9.55 Å². The molecule has 0 aliphatic carbocycles. The van der Waals surface area contributed by atoms with E-state index in [4.69, 9.17) is 4.74 Å². The van der Waals surface area contributed by atoms with Gasteiger partial charge in [-0.2, -0.15) is 0 Å². The van der Waals surface area contributed by atoms with E-state index in [0.717, 1.165) is 29.4 Å². The Hall–Kier alpha value is -3.28. The molecule has 1 atom stereocenters. The summed E-state index contributed by atoms with van der Waals surface area (Å²) in [5.41, 5.74) is 3.23. The summed E-state index contributed by atoms with van der Waals surface area (Å²) in [5, 5.41) is 0. The molecule has 1 aromatic heterocycles. The zero-order valence-corrected chi connectivity index (χ0v) is 18.3. The fraction of sp³-hybridized carbons (Fsp3) is 0.360. The second-order valence-corrected chi connectivity index (χ2v) is 7.72. The number of fused-ring (bicyclic) bond motifs is 1. The third kappa shape index (κ3) is 5.45. The Morgan fingerprint density at radius 2 is 1.81 bits per heavy atom. The number of ether oxygens (including phenoxy) is 1. The van der Waals surface area contributed by atoms with Gasteiger partial charge in [-0.05, 0) is 32.4 Å². The fourth-order valence-electron chi connectivity index (χ4n) is 3.43. The van der Waals surface area contributed by atoms with Crippen molar-refractivity contribution in [2.45, 2.75) is 59.1 Å². The highest BCUT2D eigenvalue weighted by Gasteiger charge is 2.20. The maximum atomic E-state index is 12.9. The molecular weight excluding hydrogens is 392 g/mol. The lowest BCUT2D eigenvalue weighted by molar-refractivity contribution is -0.146. The number of carbonyl (C=O) groups excluding carboxylic acids is 2. The van der Waals surface area contributed by atoms with Crippen LogP contribution in [-0.4, -0.2) is 27.4 Å². The molecule has 0 unspecified atom stereocenters. The van der Waals surface area contributed by atoms with Crippen molar-refractivity contribution in [3.8, 4) is 0 Å². The standard InChI is InChI=1S/C25H28N2O4/c1-4-5-16-27-22-9-7-6-8-20(22)26-21(25(27)30)14-15-23(28)31-18(3)24(29)19-12-10-17(2)11-13-19/h6-13,18H,4-5,14-16H2,1-3H3/t18-/m0/s1. The highest BCUT2D eigenvalue weighted by molar-refractivity contribution is 6.00. The third-order valence-corrected chi connectivity index (χ3v) is 5.23. The van der Waals surface area contributed by atoms with E-state index in [-0.39, 0.29) is 24.2 Å². The van der Waals surface area contributed by atoms with Gasteiger partial charge in [0.2, 0.25) is 5.78 Å². The SMILES string of the molecule is CCCCn1c(=O)c(CCC(=O)O[C@@H](C)C(=O)c2ccc(C)cc2)nc2ccccc21. The predicted octanol–water partition coefficient (Wildman–Crippen LogP) is 4.25. The molecular formula is C25H28N2O4. The van der Waals surface area contributed by atoms with Gasteiger partial charge in [-0.3, -0.25) is 14.4 Å². The molecule has 0 aliphatic heterocycles. The number of hydrogen-bond donors (Lipinski definition) is 0. The zero-order valence-electron chi connectivity index (χ0n) is 18.3. The van der Waals surface area contributed by atoms with Crippen molar-refractivity contribution in [2.24, 2.45) is 0 Å². The minimum Gasteiger partial charge on any atom is -0.454 e. The van der Waals surface area contributed by atoms with E-state index >= 15 is 0 Å². The molecule has 31 heavy (non-hydrogen) atoms. The molecule has 0 amide bonds. The average molecular weight is 421 g/mol. The molecule has 1 heterocycles. The minimum atomic E-state index is -0.888. The number of Topliss-reactive ketones (excluding diaryl/α,β-unsaturated/α-hetero) is 1. The van der Waals surface area contributed by atoms with E-state index in [2.05, 4.69) is 11.9 Å². The van der Waals surface area contributed by atoms with Gasteiger partial charge in [-0.25, -0.2) is 4.98 Å². The molecule has 0 saturated carbocycles. The van der Waals surface area contributed by atoms with Gasteiger partial charge in [0.15, 0.2) is 6.10 Å². The van der Waals surface area contributed by atoms with Crippen LogP contribution in [0.1, 0.15) is 54.7 Å². The van der Waals surface area contributed by atoms with Crippen LogP contribution in [0.25, 0.3) is 11.0 Å². The Bertz CT molecular complexity index is 1130. The van der Waals surface area contributed by atoms with Crippen LogP contribution in [0.4, 0.5) is 0 Å². The Balaban J connectivity index is 1.69. The van der Waals surface area contributed by atoms with Crippen LogP contribution in [0, 0.1) is 6.92 Å². The molecule has 162 valence electrons. The smallest absolute Gasteiger partial charge is 0.306 e. The number of rotatable bonds is 9. The van der Waals surface area contributed by atoms with Crippen LogP contribution in [0.2, 0.25) is 0 Å². The highest BCUT2D eigenvalue weighted by Crippen LogP contribution is 2.13. The van der Waals surface area contributed by atoms with Crippen LogP contribution in [0.15, 0.2) is 53.3 Å². The molecule has 6 heteroatoms. The van der Waals surface area contributed by atoms with E-state index in [0.29, 0.717) is 17.8 Å². The number of unbranched alkanes of at least 4 members (excludes halogenated alkanes) is 1. The van der Waals surface area contributed by atoms with E-state index in [1.807, 2.05) is 43.3 Å². The van der Waals surface area contributed by atoms with Crippen molar-refractivity contribution < 1.29 is 14.3 Å². The largest absolute Gasteiger partial charge is 0.454 e. The van der Waals surface area contributed by atoms with Gasteiger partial charge in [0.05, 0.1) is 17.5 Å². The van der Waals surface area contributed by atoms with Gasteiger partial charge < -0.3 is 9.30 Å². The molecule has 2 aromatic carbocycles. The van der Waals surface area contributed by atoms with Gasteiger partial charge in [-0.15, -0.1) is 0 Å². The molecule has 0 radical (unpaired) electrons. The maximum Gasteiger partial charge on any atom is 0.306 e. The van der Waals surface area contributed by atoms with Crippen molar-refractivity contribution in [2.75, 3.05) is 0 Å². The predicted molar refractivity (Wildman–Crippen MR) is 120 cm³/mol. The summed E-state index contributed by atoms with van der Waals surface area (Å²) in [4.78, 5) is 42.2. The monoisotopic (exact) mass is 420 g/mol. The number of nitrogens with zero attached hydrogens (tertiary/aromatic N) is 2. The number of benzene rings is 2. The fourth-order valence-corrected chi connectivity index (χ4v) is 3.43. The number of para-hydroxylation sites is 2. The van der Waals surface area contributed by atoms with Crippen LogP contribution >= 0.6 is 0 Å². The summed E-state index contributed by atoms with van der Waals surface area (Å²) in [6.07, 6.45) is 1.12. The first kappa shape index (κ1) is 22.4. The summed E-state index contributed by atoms with van der Waals surface area (Å²) in [5.74, 6) is -0.776. The quantitative estimate of drug-likeness (QED) is 0.382. The van der Waals surface area contributed by atoms with Gasteiger partial charge in [0.1, 0.15) is 5.69 Å². The Labute approximate surface area is 181 Å². The van der Waals surface area contributed by atoms with E-state index in [9.17, 15) is 14.4 Å². The van der Waals surface area contributed by atoms with Crippen LogP contribution in [-0.2, 0) is 22.5 Å². The van der Waals surface area contributed by atoms with E-state index < -0.39 is 12.1 Å². The molecule has 0 N–H and O–H groups in total. The van der Waals surface area contributed by atoms with E-state index in [1.54, 1.807) is 23.6 Å². The Morgan fingerprint density at radius 1 is 1.10 bits per heavy atom. The Morgan fingerprint density at radius 3 is 2.52 bits per heavy atom. The number of aromatic nitrogens is 2. The van der Waals surface area contributed by atoms with Gasteiger partial charge in [0, 0.05) is 18.5 Å².